The van der Waals surface area contributed by atoms with Crippen molar-refractivity contribution in [3.05, 3.63) is 52.3 Å². The average Bonchev–Trinajstić information content (AvgIpc) is 3.07. The Morgan fingerprint density at radius 3 is 2.42 bits per heavy atom. The summed E-state index contributed by atoms with van der Waals surface area (Å²) in [5, 5.41) is 3.38. The summed E-state index contributed by atoms with van der Waals surface area (Å²) in [7, 11) is 0. The molecule has 1 saturated heterocycles. The molecule has 1 aliphatic rings. The first-order valence-electron chi connectivity index (χ1n) is 11.1. The fraction of sp³-hybridized carbons (Fsp3) is 0.458. The molecule has 0 aliphatic carbocycles. The molecule has 31 heavy (non-hydrogen) atoms. The van der Waals surface area contributed by atoms with Gasteiger partial charge in [-0.25, -0.2) is 9.37 Å². The van der Waals surface area contributed by atoms with Crippen molar-refractivity contribution < 1.29 is 4.39 Å². The predicted molar refractivity (Wildman–Crippen MR) is 126 cm³/mol. The van der Waals surface area contributed by atoms with Gasteiger partial charge in [-0.3, -0.25) is 0 Å². The molecule has 4 rings (SSSR count). The number of aromatic nitrogens is 2. The number of benzene rings is 2. The quantitative estimate of drug-likeness (QED) is 0.564. The second kappa shape index (κ2) is 8.85. The van der Waals surface area contributed by atoms with Crippen molar-refractivity contribution in [3.8, 4) is 0 Å². The van der Waals surface area contributed by atoms with Crippen LogP contribution in [0.15, 0.2) is 24.3 Å². The summed E-state index contributed by atoms with van der Waals surface area (Å²) in [5.41, 5.74) is 18.7. The molecule has 5 N–H and O–H groups in total. The highest BCUT2D eigenvalue weighted by atomic mass is 19.1. The van der Waals surface area contributed by atoms with Crippen LogP contribution in [-0.4, -0.2) is 41.8 Å². The second-order valence-corrected chi connectivity index (χ2v) is 8.76. The van der Waals surface area contributed by atoms with E-state index in [4.69, 9.17) is 16.5 Å². The van der Waals surface area contributed by atoms with Gasteiger partial charge in [0.1, 0.15) is 11.3 Å². The molecule has 166 valence electrons. The van der Waals surface area contributed by atoms with E-state index in [9.17, 15) is 4.39 Å². The van der Waals surface area contributed by atoms with Crippen LogP contribution in [0.2, 0.25) is 0 Å². The van der Waals surface area contributed by atoms with Crippen LogP contribution in [0.25, 0.3) is 11.0 Å². The first-order valence-corrected chi connectivity index (χ1v) is 11.1. The topological polar surface area (TPSA) is 85.1 Å². The summed E-state index contributed by atoms with van der Waals surface area (Å²) in [6.45, 7) is 9.40. The van der Waals surface area contributed by atoms with E-state index in [0.717, 1.165) is 54.2 Å². The maximum Gasteiger partial charge on any atom is 0.204 e. The van der Waals surface area contributed by atoms with E-state index in [1.165, 1.54) is 5.56 Å². The maximum absolute atomic E-state index is 14.2. The molecule has 0 atom stereocenters. The number of aryl methyl sites for hydroxylation is 3. The van der Waals surface area contributed by atoms with E-state index in [-0.39, 0.29) is 11.9 Å². The molecule has 2 heterocycles. The molecule has 0 radical (unpaired) electrons. The van der Waals surface area contributed by atoms with E-state index < -0.39 is 0 Å². The molecular formula is C24H33FN6. The standard InChI is InChI=1S/C24H33FN6/c1-15-10-20(30-8-4-19(27)5-9-30)23-21(11-15)31(24(29-23)28-7-6-26)14-18-12-16(2)22(25)17(3)13-18/h10-13,19H,4-9,14,26-27H2,1-3H3,(H,28,29). The molecule has 6 nitrogen and oxygen atoms in total. The smallest absolute Gasteiger partial charge is 0.204 e. The Morgan fingerprint density at radius 1 is 1.10 bits per heavy atom. The number of nitrogens with one attached hydrogen (secondary N) is 1. The predicted octanol–water partition coefficient (Wildman–Crippen LogP) is 3.45. The third kappa shape index (κ3) is 4.38. The molecule has 1 aromatic heterocycles. The van der Waals surface area contributed by atoms with Crippen LogP contribution in [0.1, 0.15) is 35.1 Å². The molecule has 0 unspecified atom stereocenters. The number of fused-ring (bicyclic) bond motifs is 1. The van der Waals surface area contributed by atoms with Gasteiger partial charge in [0, 0.05) is 32.2 Å². The molecule has 0 amide bonds. The van der Waals surface area contributed by atoms with Crippen molar-refractivity contribution in [1.29, 1.82) is 0 Å². The third-order valence-electron chi connectivity index (χ3n) is 6.12. The fourth-order valence-electron chi connectivity index (χ4n) is 4.51. The largest absolute Gasteiger partial charge is 0.370 e. The monoisotopic (exact) mass is 424 g/mol. The number of hydrogen-bond acceptors (Lipinski definition) is 5. The van der Waals surface area contributed by atoms with Gasteiger partial charge in [-0.15, -0.1) is 0 Å². The van der Waals surface area contributed by atoms with E-state index in [1.54, 1.807) is 0 Å². The lowest BCUT2D eigenvalue weighted by Crippen LogP contribution is -2.39. The van der Waals surface area contributed by atoms with Crippen molar-refractivity contribution in [1.82, 2.24) is 9.55 Å². The molecule has 1 aliphatic heterocycles. The number of imidazole rings is 1. The highest BCUT2D eigenvalue weighted by Crippen LogP contribution is 2.33. The van der Waals surface area contributed by atoms with Crippen LogP contribution >= 0.6 is 0 Å². The molecule has 0 spiro atoms. The lowest BCUT2D eigenvalue weighted by atomic mass is 10.0. The van der Waals surface area contributed by atoms with Crippen molar-refractivity contribution in [3.63, 3.8) is 0 Å². The number of halogens is 1. The van der Waals surface area contributed by atoms with Crippen LogP contribution in [-0.2, 0) is 6.54 Å². The Kier molecular flexibility index (Phi) is 6.16. The second-order valence-electron chi connectivity index (χ2n) is 8.76. The summed E-state index contributed by atoms with van der Waals surface area (Å²) in [6, 6.07) is 8.52. The summed E-state index contributed by atoms with van der Waals surface area (Å²) >= 11 is 0. The minimum atomic E-state index is -0.137. The van der Waals surface area contributed by atoms with Crippen LogP contribution in [0.3, 0.4) is 0 Å². The lowest BCUT2D eigenvalue weighted by Gasteiger charge is -2.32. The van der Waals surface area contributed by atoms with E-state index >= 15 is 0 Å². The van der Waals surface area contributed by atoms with E-state index in [2.05, 4.69) is 33.8 Å². The molecular weight excluding hydrogens is 391 g/mol. The Hall–Kier alpha value is -2.64. The number of hydrogen-bond donors (Lipinski definition) is 3. The van der Waals surface area contributed by atoms with Crippen molar-refractivity contribution in [2.24, 2.45) is 11.5 Å². The van der Waals surface area contributed by atoms with Gasteiger partial charge in [-0.05, 0) is 68.0 Å². The van der Waals surface area contributed by atoms with Gasteiger partial charge in [-0.1, -0.05) is 12.1 Å². The molecule has 2 aromatic carbocycles. The molecule has 1 fully saturated rings. The molecule has 7 heteroatoms. The third-order valence-corrected chi connectivity index (χ3v) is 6.12. The maximum atomic E-state index is 14.2. The van der Waals surface area contributed by atoms with Gasteiger partial charge in [0.15, 0.2) is 0 Å². The SMILES string of the molecule is Cc1cc(N2CCC(N)CC2)c2nc(NCCN)n(Cc3cc(C)c(F)c(C)c3)c2c1. The molecule has 0 bridgehead atoms. The molecule has 0 saturated carbocycles. The van der Waals surface area contributed by atoms with Crippen molar-refractivity contribution >= 4 is 22.7 Å². The first-order chi connectivity index (χ1) is 14.9. The Balaban J connectivity index is 1.81. The van der Waals surface area contributed by atoms with Gasteiger partial charge in [0.05, 0.1) is 17.7 Å². The Labute approximate surface area is 183 Å². The van der Waals surface area contributed by atoms with Crippen LogP contribution in [0, 0.1) is 26.6 Å². The van der Waals surface area contributed by atoms with Crippen LogP contribution in [0.5, 0.6) is 0 Å². The zero-order valence-electron chi connectivity index (χ0n) is 18.7. The highest BCUT2D eigenvalue weighted by molar-refractivity contribution is 5.92. The number of nitrogens with two attached hydrogens (primary N) is 2. The van der Waals surface area contributed by atoms with Gasteiger partial charge in [0.25, 0.3) is 0 Å². The minimum Gasteiger partial charge on any atom is -0.370 e. The van der Waals surface area contributed by atoms with Crippen LogP contribution in [0.4, 0.5) is 16.0 Å². The Morgan fingerprint density at radius 2 is 1.77 bits per heavy atom. The normalized spacial score (nSPS) is 15.1. The minimum absolute atomic E-state index is 0.137. The number of nitrogens with zero attached hydrogens (tertiary/aromatic N) is 3. The highest BCUT2D eigenvalue weighted by Gasteiger charge is 2.22. The van der Waals surface area contributed by atoms with Crippen molar-refractivity contribution in [2.75, 3.05) is 36.4 Å². The van der Waals surface area contributed by atoms with E-state index in [0.29, 0.717) is 30.8 Å². The summed E-state index contributed by atoms with van der Waals surface area (Å²) in [6.07, 6.45) is 1.98. The first kappa shape index (κ1) is 21.6. The zero-order chi connectivity index (χ0) is 22.1. The Bertz CT molecular complexity index is 1060. The van der Waals surface area contributed by atoms with Gasteiger partial charge >= 0.3 is 0 Å². The van der Waals surface area contributed by atoms with Crippen LogP contribution < -0.4 is 21.7 Å². The lowest BCUT2D eigenvalue weighted by molar-refractivity contribution is 0.502. The van der Waals surface area contributed by atoms with E-state index in [1.807, 2.05) is 26.0 Å². The fourth-order valence-corrected chi connectivity index (χ4v) is 4.51. The average molecular weight is 425 g/mol. The number of anilines is 2. The number of piperidine rings is 1. The van der Waals surface area contributed by atoms with Gasteiger partial charge < -0.3 is 26.3 Å². The zero-order valence-corrected chi connectivity index (χ0v) is 18.7. The van der Waals surface area contributed by atoms with Gasteiger partial charge in [-0.2, -0.15) is 0 Å². The summed E-state index contributed by atoms with van der Waals surface area (Å²) in [4.78, 5) is 7.39. The summed E-state index contributed by atoms with van der Waals surface area (Å²) in [5.74, 6) is 0.655. The van der Waals surface area contributed by atoms with Gasteiger partial charge in [0.2, 0.25) is 5.95 Å². The van der Waals surface area contributed by atoms with Crippen molar-refractivity contribution in [2.45, 2.75) is 46.2 Å². The molecule has 3 aromatic rings. The summed E-state index contributed by atoms with van der Waals surface area (Å²) < 4.78 is 16.4. The number of rotatable bonds is 6.